The second kappa shape index (κ2) is 9.77. The summed E-state index contributed by atoms with van der Waals surface area (Å²) in [5.41, 5.74) is 1.83. The molecule has 1 aliphatic heterocycles. The van der Waals surface area contributed by atoms with Crippen LogP contribution in [-0.4, -0.2) is 16.0 Å². The highest BCUT2D eigenvalue weighted by Crippen LogP contribution is 2.34. The van der Waals surface area contributed by atoms with Crippen molar-refractivity contribution in [3.05, 3.63) is 104 Å². The van der Waals surface area contributed by atoms with Gasteiger partial charge in [-0.05, 0) is 65.4 Å². The van der Waals surface area contributed by atoms with Crippen molar-refractivity contribution in [2.75, 3.05) is 0 Å². The van der Waals surface area contributed by atoms with E-state index in [0.717, 1.165) is 27.8 Å². The first kappa shape index (κ1) is 22.4. The zero-order valence-corrected chi connectivity index (χ0v) is 18.9. The zero-order chi connectivity index (χ0) is 22.7. The van der Waals surface area contributed by atoms with Crippen molar-refractivity contribution in [2.24, 2.45) is 0 Å². The standard InChI is InChI=1S/C24H16Cl2FNO3S/c25-17-8-4-16(5-9-17)14-31-18-10-6-15(7-11-18)12-22-23(29)28(24(30)32-22)13-19-20(26)2-1-3-21(19)27/h1-12H,13-14H2/b22-12-. The number of thioether (sulfide) groups is 1. The summed E-state index contributed by atoms with van der Waals surface area (Å²) in [7, 11) is 0. The number of halogens is 3. The predicted octanol–water partition coefficient (Wildman–Crippen LogP) is 6.95. The predicted molar refractivity (Wildman–Crippen MR) is 125 cm³/mol. The number of imide groups is 1. The van der Waals surface area contributed by atoms with Gasteiger partial charge in [0.05, 0.1) is 11.4 Å². The van der Waals surface area contributed by atoms with Crippen LogP contribution < -0.4 is 4.74 Å². The first-order chi connectivity index (χ1) is 15.4. The van der Waals surface area contributed by atoms with E-state index in [2.05, 4.69) is 0 Å². The average molecular weight is 488 g/mol. The fourth-order valence-electron chi connectivity index (χ4n) is 3.04. The molecule has 0 unspecified atom stereocenters. The van der Waals surface area contributed by atoms with Crippen molar-refractivity contribution in [1.29, 1.82) is 0 Å². The molecule has 1 heterocycles. The molecule has 0 N–H and O–H groups in total. The molecule has 0 saturated carbocycles. The van der Waals surface area contributed by atoms with Crippen molar-refractivity contribution in [3.8, 4) is 5.75 Å². The summed E-state index contributed by atoms with van der Waals surface area (Å²) in [5, 5.41) is 0.366. The van der Waals surface area contributed by atoms with Crippen molar-refractivity contribution in [2.45, 2.75) is 13.2 Å². The summed E-state index contributed by atoms with van der Waals surface area (Å²) in [6, 6.07) is 18.8. The largest absolute Gasteiger partial charge is 0.489 e. The van der Waals surface area contributed by atoms with Gasteiger partial charge in [0, 0.05) is 15.6 Å². The van der Waals surface area contributed by atoms with E-state index in [4.69, 9.17) is 27.9 Å². The average Bonchev–Trinajstić information content (AvgIpc) is 3.04. The molecule has 0 atom stereocenters. The van der Waals surface area contributed by atoms with Crippen LogP contribution in [0.5, 0.6) is 5.75 Å². The molecule has 1 saturated heterocycles. The molecule has 2 amide bonds. The molecule has 0 radical (unpaired) electrons. The van der Waals surface area contributed by atoms with E-state index in [1.165, 1.54) is 18.2 Å². The second-order valence-corrected chi connectivity index (χ2v) is 8.79. The molecule has 8 heteroatoms. The Morgan fingerprint density at radius 2 is 1.69 bits per heavy atom. The normalized spacial score (nSPS) is 15.0. The summed E-state index contributed by atoms with van der Waals surface area (Å²) in [6.45, 7) is 0.180. The zero-order valence-electron chi connectivity index (χ0n) is 16.6. The molecular formula is C24H16Cl2FNO3S. The van der Waals surface area contributed by atoms with Crippen LogP contribution in [0.1, 0.15) is 16.7 Å². The van der Waals surface area contributed by atoms with Crippen LogP contribution in [-0.2, 0) is 17.9 Å². The van der Waals surface area contributed by atoms with Crippen molar-refractivity contribution >= 4 is 52.2 Å². The van der Waals surface area contributed by atoms with Gasteiger partial charge < -0.3 is 4.74 Å². The van der Waals surface area contributed by atoms with Gasteiger partial charge in [-0.3, -0.25) is 14.5 Å². The quantitative estimate of drug-likeness (QED) is 0.353. The maximum atomic E-state index is 14.1. The van der Waals surface area contributed by atoms with Gasteiger partial charge in [0.25, 0.3) is 11.1 Å². The monoisotopic (exact) mass is 487 g/mol. The highest BCUT2D eigenvalue weighted by Gasteiger charge is 2.35. The van der Waals surface area contributed by atoms with Gasteiger partial charge in [0.2, 0.25) is 0 Å². The van der Waals surface area contributed by atoms with Gasteiger partial charge in [-0.1, -0.05) is 53.5 Å². The number of hydrogen-bond donors (Lipinski definition) is 0. The maximum absolute atomic E-state index is 14.1. The summed E-state index contributed by atoms with van der Waals surface area (Å²) < 4.78 is 19.8. The topological polar surface area (TPSA) is 46.6 Å². The van der Waals surface area contributed by atoms with Crippen molar-refractivity contribution < 1.29 is 18.7 Å². The van der Waals surface area contributed by atoms with Gasteiger partial charge in [0.15, 0.2) is 0 Å². The number of carbonyl (C=O) groups is 2. The maximum Gasteiger partial charge on any atom is 0.293 e. The third-order valence-corrected chi connectivity index (χ3v) is 6.26. The van der Waals surface area contributed by atoms with Crippen molar-refractivity contribution in [1.82, 2.24) is 4.90 Å². The molecule has 0 aromatic heterocycles. The number of carbonyl (C=O) groups excluding carboxylic acids is 2. The Morgan fingerprint density at radius 3 is 2.38 bits per heavy atom. The molecule has 3 aromatic carbocycles. The Balaban J connectivity index is 1.42. The highest BCUT2D eigenvalue weighted by molar-refractivity contribution is 8.18. The minimum atomic E-state index is -0.560. The lowest BCUT2D eigenvalue weighted by Crippen LogP contribution is -2.28. The van der Waals surface area contributed by atoms with Crippen LogP contribution in [0.2, 0.25) is 10.0 Å². The fraction of sp³-hybridized carbons (Fsp3) is 0.0833. The van der Waals surface area contributed by atoms with Crippen LogP contribution >= 0.6 is 35.0 Å². The van der Waals surface area contributed by atoms with E-state index >= 15 is 0 Å². The van der Waals surface area contributed by atoms with Crippen LogP contribution in [0.4, 0.5) is 9.18 Å². The Kier molecular flexibility index (Phi) is 6.84. The minimum absolute atomic E-state index is 0.111. The van der Waals surface area contributed by atoms with E-state index < -0.39 is 17.0 Å². The van der Waals surface area contributed by atoms with E-state index in [-0.39, 0.29) is 22.0 Å². The van der Waals surface area contributed by atoms with Crippen LogP contribution in [0.3, 0.4) is 0 Å². The molecule has 1 aliphatic rings. The number of hydrogen-bond acceptors (Lipinski definition) is 4. The van der Waals surface area contributed by atoms with Crippen LogP contribution in [0.25, 0.3) is 6.08 Å². The number of benzene rings is 3. The van der Waals surface area contributed by atoms with Gasteiger partial charge in [-0.15, -0.1) is 0 Å². The summed E-state index contributed by atoms with van der Waals surface area (Å²) >= 11 is 12.7. The van der Waals surface area contributed by atoms with E-state index in [1.807, 2.05) is 12.1 Å². The number of nitrogens with zero attached hydrogens (tertiary/aromatic N) is 1. The highest BCUT2D eigenvalue weighted by atomic mass is 35.5. The molecule has 0 bridgehead atoms. The van der Waals surface area contributed by atoms with E-state index in [9.17, 15) is 14.0 Å². The lowest BCUT2D eigenvalue weighted by atomic mass is 10.2. The first-order valence-corrected chi connectivity index (χ1v) is 11.1. The Hall–Kier alpha value is -2.80. The van der Waals surface area contributed by atoms with E-state index in [1.54, 1.807) is 42.5 Å². The third-order valence-electron chi connectivity index (χ3n) is 4.75. The first-order valence-electron chi connectivity index (χ1n) is 9.56. The third kappa shape index (κ3) is 5.15. The minimum Gasteiger partial charge on any atom is -0.489 e. The van der Waals surface area contributed by atoms with Gasteiger partial charge in [0.1, 0.15) is 18.2 Å². The van der Waals surface area contributed by atoms with Crippen LogP contribution in [0, 0.1) is 5.82 Å². The van der Waals surface area contributed by atoms with E-state index in [0.29, 0.717) is 17.4 Å². The smallest absolute Gasteiger partial charge is 0.293 e. The molecule has 4 nitrogen and oxygen atoms in total. The number of rotatable bonds is 6. The molecule has 1 fully saturated rings. The van der Waals surface area contributed by atoms with Gasteiger partial charge in [-0.25, -0.2) is 4.39 Å². The Bertz CT molecular complexity index is 1180. The molecule has 3 aromatic rings. The molecule has 32 heavy (non-hydrogen) atoms. The summed E-state index contributed by atoms with van der Waals surface area (Å²) in [6.07, 6.45) is 1.62. The number of amides is 2. The Morgan fingerprint density at radius 1 is 0.969 bits per heavy atom. The molecule has 162 valence electrons. The van der Waals surface area contributed by atoms with Crippen molar-refractivity contribution in [3.63, 3.8) is 0 Å². The lowest BCUT2D eigenvalue weighted by molar-refractivity contribution is -0.123. The SMILES string of the molecule is O=C1S/C(=C\c2ccc(OCc3ccc(Cl)cc3)cc2)C(=O)N1Cc1c(F)cccc1Cl. The molecular weight excluding hydrogens is 472 g/mol. The lowest BCUT2D eigenvalue weighted by Gasteiger charge is -2.14. The van der Waals surface area contributed by atoms with Gasteiger partial charge in [-0.2, -0.15) is 0 Å². The Labute approximate surface area is 198 Å². The fourth-order valence-corrected chi connectivity index (χ4v) is 4.22. The second-order valence-electron chi connectivity index (χ2n) is 6.95. The van der Waals surface area contributed by atoms with Gasteiger partial charge >= 0.3 is 0 Å². The number of ether oxygens (including phenoxy) is 1. The molecule has 0 spiro atoms. The summed E-state index contributed by atoms with van der Waals surface area (Å²) in [4.78, 5) is 26.3. The summed E-state index contributed by atoms with van der Waals surface area (Å²) in [5.74, 6) is -0.378. The van der Waals surface area contributed by atoms with Crippen LogP contribution in [0.15, 0.2) is 71.6 Å². The molecule has 4 rings (SSSR count). The molecule has 0 aliphatic carbocycles.